The Morgan fingerprint density at radius 2 is 2.40 bits per heavy atom. The molecule has 6 nitrogen and oxygen atoms in total. The minimum atomic E-state index is -0.372. The van der Waals surface area contributed by atoms with Gasteiger partial charge < -0.3 is 15.0 Å². The summed E-state index contributed by atoms with van der Waals surface area (Å²) >= 11 is 0. The molecule has 0 saturated carbocycles. The summed E-state index contributed by atoms with van der Waals surface area (Å²) in [5.41, 5.74) is 1.84. The van der Waals surface area contributed by atoms with Gasteiger partial charge >= 0.3 is 0 Å². The van der Waals surface area contributed by atoms with Gasteiger partial charge in [0.1, 0.15) is 11.7 Å². The number of amides is 2. The standard InChI is InChI=1S/C14H16N4O2/c19-13-5-4-11(17-13)14(20)15-7-6-10-9-18-8-2-1-3-12(18)16-10/h1-3,8-9,11H,4-7H2,(H,15,20)(H,17,19). The van der Waals surface area contributed by atoms with Crippen molar-refractivity contribution in [2.24, 2.45) is 0 Å². The fourth-order valence-electron chi connectivity index (χ4n) is 2.36. The van der Waals surface area contributed by atoms with E-state index in [1.54, 1.807) is 0 Å². The van der Waals surface area contributed by atoms with Crippen molar-refractivity contribution >= 4 is 17.5 Å². The van der Waals surface area contributed by atoms with Crippen molar-refractivity contribution in [3.05, 3.63) is 36.3 Å². The molecule has 3 heterocycles. The fraction of sp³-hybridized carbons (Fsp3) is 0.357. The summed E-state index contributed by atoms with van der Waals surface area (Å²) in [5, 5.41) is 5.49. The van der Waals surface area contributed by atoms with Crippen LogP contribution in [0.5, 0.6) is 0 Å². The van der Waals surface area contributed by atoms with E-state index in [2.05, 4.69) is 15.6 Å². The topological polar surface area (TPSA) is 75.5 Å². The van der Waals surface area contributed by atoms with Crippen molar-refractivity contribution in [1.29, 1.82) is 0 Å². The van der Waals surface area contributed by atoms with Crippen LogP contribution in [0.1, 0.15) is 18.5 Å². The molecule has 3 rings (SSSR count). The largest absolute Gasteiger partial charge is 0.354 e. The van der Waals surface area contributed by atoms with Gasteiger partial charge in [0.25, 0.3) is 0 Å². The Morgan fingerprint density at radius 3 is 3.15 bits per heavy atom. The van der Waals surface area contributed by atoms with Crippen molar-refractivity contribution in [3.63, 3.8) is 0 Å². The van der Waals surface area contributed by atoms with Crippen LogP contribution in [0.3, 0.4) is 0 Å². The average Bonchev–Trinajstić information content (AvgIpc) is 3.04. The van der Waals surface area contributed by atoms with Crippen LogP contribution in [0.4, 0.5) is 0 Å². The Balaban J connectivity index is 1.52. The highest BCUT2D eigenvalue weighted by Crippen LogP contribution is 2.07. The number of hydrogen-bond donors (Lipinski definition) is 2. The van der Waals surface area contributed by atoms with E-state index in [1.165, 1.54) is 0 Å². The third-order valence-electron chi connectivity index (χ3n) is 3.41. The maximum absolute atomic E-state index is 11.8. The van der Waals surface area contributed by atoms with Crippen LogP contribution < -0.4 is 10.6 Å². The Morgan fingerprint density at radius 1 is 1.50 bits per heavy atom. The second-order valence-corrected chi connectivity index (χ2v) is 4.90. The van der Waals surface area contributed by atoms with Gasteiger partial charge in [-0.2, -0.15) is 0 Å². The molecule has 2 amide bonds. The van der Waals surface area contributed by atoms with Crippen LogP contribution in [-0.2, 0) is 16.0 Å². The van der Waals surface area contributed by atoms with E-state index in [1.807, 2.05) is 35.0 Å². The van der Waals surface area contributed by atoms with E-state index in [0.29, 0.717) is 25.8 Å². The molecule has 1 atom stereocenters. The third kappa shape index (κ3) is 2.64. The van der Waals surface area contributed by atoms with Gasteiger partial charge in [-0.25, -0.2) is 4.98 Å². The predicted molar refractivity (Wildman–Crippen MR) is 73.1 cm³/mol. The number of nitrogens with one attached hydrogen (secondary N) is 2. The van der Waals surface area contributed by atoms with Crippen molar-refractivity contribution in [2.45, 2.75) is 25.3 Å². The van der Waals surface area contributed by atoms with Crippen LogP contribution in [0.15, 0.2) is 30.6 Å². The number of pyridine rings is 1. The van der Waals surface area contributed by atoms with Crippen molar-refractivity contribution < 1.29 is 9.59 Å². The summed E-state index contributed by atoms with van der Waals surface area (Å²) < 4.78 is 1.95. The molecular weight excluding hydrogens is 256 g/mol. The van der Waals surface area contributed by atoms with Crippen LogP contribution >= 0.6 is 0 Å². The van der Waals surface area contributed by atoms with Gasteiger partial charge in [-0.1, -0.05) is 6.07 Å². The zero-order valence-corrected chi connectivity index (χ0v) is 11.0. The summed E-state index contributed by atoms with van der Waals surface area (Å²) in [6.45, 7) is 0.523. The van der Waals surface area contributed by atoms with Gasteiger partial charge in [0.2, 0.25) is 11.8 Å². The molecule has 1 saturated heterocycles. The van der Waals surface area contributed by atoms with Crippen LogP contribution in [0.2, 0.25) is 0 Å². The highest BCUT2D eigenvalue weighted by Gasteiger charge is 2.26. The lowest BCUT2D eigenvalue weighted by Gasteiger charge is -2.09. The molecule has 0 spiro atoms. The zero-order valence-electron chi connectivity index (χ0n) is 11.0. The first-order valence-electron chi connectivity index (χ1n) is 6.72. The lowest BCUT2D eigenvalue weighted by molar-refractivity contribution is -0.125. The minimum absolute atomic E-state index is 0.0505. The molecule has 0 aromatic carbocycles. The molecule has 104 valence electrons. The molecule has 6 heteroatoms. The highest BCUT2D eigenvalue weighted by molar-refractivity contribution is 5.90. The summed E-state index contributed by atoms with van der Waals surface area (Å²) in [6, 6.07) is 5.46. The van der Waals surface area contributed by atoms with E-state index < -0.39 is 0 Å². The molecule has 2 aromatic rings. The van der Waals surface area contributed by atoms with Crippen LogP contribution in [0.25, 0.3) is 5.65 Å². The first-order chi connectivity index (χ1) is 9.72. The normalized spacial score (nSPS) is 18.2. The van der Waals surface area contributed by atoms with Gasteiger partial charge in [-0.3, -0.25) is 9.59 Å². The number of imidazole rings is 1. The molecule has 0 radical (unpaired) electrons. The van der Waals surface area contributed by atoms with Gasteiger partial charge in [0, 0.05) is 31.8 Å². The number of carbonyl (C=O) groups excluding carboxylic acids is 2. The van der Waals surface area contributed by atoms with Crippen molar-refractivity contribution in [1.82, 2.24) is 20.0 Å². The maximum atomic E-state index is 11.8. The smallest absolute Gasteiger partial charge is 0.242 e. The zero-order chi connectivity index (χ0) is 13.9. The molecule has 2 aromatic heterocycles. The summed E-state index contributed by atoms with van der Waals surface area (Å²) in [6.07, 6.45) is 5.59. The Labute approximate surface area is 116 Å². The minimum Gasteiger partial charge on any atom is -0.354 e. The highest BCUT2D eigenvalue weighted by atomic mass is 16.2. The number of hydrogen-bond acceptors (Lipinski definition) is 3. The predicted octanol–water partition coefficient (Wildman–Crippen LogP) is 0.272. The monoisotopic (exact) mass is 272 g/mol. The molecule has 20 heavy (non-hydrogen) atoms. The Hall–Kier alpha value is -2.37. The van der Waals surface area contributed by atoms with E-state index in [9.17, 15) is 9.59 Å². The number of fused-ring (bicyclic) bond motifs is 1. The Bertz CT molecular complexity index is 616. The molecule has 0 bridgehead atoms. The molecule has 1 fully saturated rings. The molecule has 2 N–H and O–H groups in total. The van der Waals surface area contributed by atoms with Crippen LogP contribution in [-0.4, -0.2) is 33.8 Å². The lowest BCUT2D eigenvalue weighted by atomic mass is 10.2. The van der Waals surface area contributed by atoms with Gasteiger partial charge in [0.05, 0.1) is 5.69 Å². The molecule has 0 aliphatic carbocycles. The quantitative estimate of drug-likeness (QED) is 0.839. The second-order valence-electron chi connectivity index (χ2n) is 4.90. The summed E-state index contributed by atoms with van der Waals surface area (Å²) in [5.74, 6) is -0.162. The van der Waals surface area contributed by atoms with E-state index >= 15 is 0 Å². The number of carbonyl (C=O) groups is 2. The first-order valence-corrected chi connectivity index (χ1v) is 6.72. The number of rotatable bonds is 4. The van der Waals surface area contributed by atoms with Crippen molar-refractivity contribution in [2.75, 3.05) is 6.54 Å². The van der Waals surface area contributed by atoms with Crippen LogP contribution in [0, 0.1) is 0 Å². The maximum Gasteiger partial charge on any atom is 0.242 e. The van der Waals surface area contributed by atoms with Gasteiger partial charge in [-0.15, -0.1) is 0 Å². The fourth-order valence-corrected chi connectivity index (χ4v) is 2.36. The summed E-state index contributed by atoms with van der Waals surface area (Å²) in [4.78, 5) is 27.3. The van der Waals surface area contributed by atoms with Gasteiger partial charge in [-0.05, 0) is 18.6 Å². The molecule has 1 aliphatic rings. The average molecular weight is 272 g/mol. The van der Waals surface area contributed by atoms with E-state index in [0.717, 1.165) is 11.3 Å². The SMILES string of the molecule is O=C1CCC(C(=O)NCCc2cn3ccccc3n2)N1. The molecule has 1 unspecified atom stereocenters. The van der Waals surface area contributed by atoms with Gasteiger partial charge in [0.15, 0.2) is 0 Å². The van der Waals surface area contributed by atoms with Crippen molar-refractivity contribution in [3.8, 4) is 0 Å². The molecular formula is C14H16N4O2. The number of aromatic nitrogens is 2. The van der Waals surface area contributed by atoms with E-state index in [-0.39, 0.29) is 17.9 Å². The summed E-state index contributed by atoms with van der Waals surface area (Å²) in [7, 11) is 0. The third-order valence-corrected chi connectivity index (χ3v) is 3.41. The lowest BCUT2D eigenvalue weighted by Crippen LogP contribution is -2.42. The number of nitrogens with zero attached hydrogens (tertiary/aromatic N) is 2. The van der Waals surface area contributed by atoms with E-state index in [4.69, 9.17) is 0 Å². The first kappa shape index (κ1) is 12.7. The molecule has 1 aliphatic heterocycles. The second kappa shape index (κ2) is 5.32. The Kier molecular flexibility index (Phi) is 3.37.